The first kappa shape index (κ1) is 13.6. The molecule has 0 saturated heterocycles. The molecular weight excluding hydrogens is 286 g/mol. The SMILES string of the molecule is Cc1ccc(C)n1NC(=O)c1cc(Cl)nc2ccccc12. The van der Waals surface area contributed by atoms with Gasteiger partial charge in [0, 0.05) is 16.8 Å². The van der Waals surface area contributed by atoms with Crippen LogP contribution in [-0.2, 0) is 0 Å². The third-order valence-corrected chi connectivity index (χ3v) is 3.61. The average molecular weight is 300 g/mol. The van der Waals surface area contributed by atoms with E-state index in [4.69, 9.17) is 11.6 Å². The summed E-state index contributed by atoms with van der Waals surface area (Å²) in [7, 11) is 0. The number of hydrogen-bond acceptors (Lipinski definition) is 2. The Labute approximate surface area is 127 Å². The zero-order valence-corrected chi connectivity index (χ0v) is 12.5. The molecule has 0 aliphatic rings. The Balaban J connectivity index is 2.06. The summed E-state index contributed by atoms with van der Waals surface area (Å²) in [6.45, 7) is 3.87. The van der Waals surface area contributed by atoms with Gasteiger partial charge in [0.2, 0.25) is 0 Å². The van der Waals surface area contributed by atoms with Gasteiger partial charge >= 0.3 is 0 Å². The molecule has 0 aliphatic heterocycles. The molecule has 4 nitrogen and oxygen atoms in total. The van der Waals surface area contributed by atoms with Gasteiger partial charge in [0.05, 0.1) is 11.1 Å². The first-order valence-corrected chi connectivity index (χ1v) is 6.95. The van der Waals surface area contributed by atoms with Gasteiger partial charge in [-0.3, -0.25) is 14.9 Å². The van der Waals surface area contributed by atoms with Gasteiger partial charge in [-0.2, -0.15) is 0 Å². The second-order valence-electron chi connectivity index (χ2n) is 4.90. The topological polar surface area (TPSA) is 46.9 Å². The third-order valence-electron chi connectivity index (χ3n) is 3.41. The van der Waals surface area contributed by atoms with Crippen molar-refractivity contribution in [2.24, 2.45) is 0 Å². The van der Waals surface area contributed by atoms with E-state index < -0.39 is 0 Å². The van der Waals surface area contributed by atoms with Gasteiger partial charge in [-0.15, -0.1) is 0 Å². The number of pyridine rings is 1. The Kier molecular flexibility index (Phi) is 3.39. The fourth-order valence-corrected chi connectivity index (χ4v) is 2.54. The average Bonchev–Trinajstić information content (AvgIpc) is 2.78. The minimum absolute atomic E-state index is 0.210. The third kappa shape index (κ3) is 2.50. The van der Waals surface area contributed by atoms with Gasteiger partial charge in [-0.1, -0.05) is 29.8 Å². The Morgan fingerprint density at radius 2 is 1.81 bits per heavy atom. The van der Waals surface area contributed by atoms with E-state index in [0.29, 0.717) is 16.2 Å². The molecule has 0 fully saturated rings. The fraction of sp³-hybridized carbons (Fsp3) is 0.125. The van der Waals surface area contributed by atoms with E-state index in [2.05, 4.69) is 10.4 Å². The lowest BCUT2D eigenvalue weighted by Crippen LogP contribution is -2.25. The van der Waals surface area contributed by atoms with Crippen molar-refractivity contribution >= 4 is 28.4 Å². The van der Waals surface area contributed by atoms with Crippen molar-refractivity contribution in [3.05, 3.63) is 64.6 Å². The van der Waals surface area contributed by atoms with Crippen LogP contribution in [0.15, 0.2) is 42.5 Å². The number of nitrogens with one attached hydrogen (secondary N) is 1. The van der Waals surface area contributed by atoms with Crippen molar-refractivity contribution in [1.82, 2.24) is 9.66 Å². The first-order valence-electron chi connectivity index (χ1n) is 6.58. The number of aryl methyl sites for hydroxylation is 2. The summed E-state index contributed by atoms with van der Waals surface area (Å²) >= 11 is 6.01. The molecule has 2 heterocycles. The highest BCUT2D eigenvalue weighted by Gasteiger charge is 2.14. The van der Waals surface area contributed by atoms with Crippen LogP contribution in [0.1, 0.15) is 21.7 Å². The molecule has 0 aliphatic carbocycles. The van der Waals surface area contributed by atoms with Crippen LogP contribution in [0, 0.1) is 13.8 Å². The Bertz CT molecular complexity index is 819. The van der Waals surface area contributed by atoms with Crippen LogP contribution in [0.3, 0.4) is 0 Å². The zero-order chi connectivity index (χ0) is 15.0. The largest absolute Gasteiger partial charge is 0.270 e. The van der Waals surface area contributed by atoms with E-state index in [-0.39, 0.29) is 5.91 Å². The number of aromatic nitrogens is 2. The fourth-order valence-electron chi connectivity index (χ4n) is 2.34. The second-order valence-corrected chi connectivity index (χ2v) is 5.29. The van der Waals surface area contributed by atoms with Gasteiger partial charge in [0.1, 0.15) is 5.15 Å². The zero-order valence-electron chi connectivity index (χ0n) is 11.7. The summed E-state index contributed by atoms with van der Waals surface area (Å²) in [6.07, 6.45) is 0. The van der Waals surface area contributed by atoms with Crippen molar-refractivity contribution < 1.29 is 4.79 Å². The number of benzene rings is 1. The molecule has 5 heteroatoms. The van der Waals surface area contributed by atoms with Crippen LogP contribution in [-0.4, -0.2) is 15.6 Å². The maximum Gasteiger partial charge on any atom is 0.270 e. The van der Waals surface area contributed by atoms with Gasteiger partial charge in [0.15, 0.2) is 0 Å². The van der Waals surface area contributed by atoms with Gasteiger partial charge in [-0.25, -0.2) is 4.98 Å². The summed E-state index contributed by atoms with van der Waals surface area (Å²) in [5.41, 5.74) is 6.03. The molecule has 106 valence electrons. The van der Waals surface area contributed by atoms with E-state index in [0.717, 1.165) is 16.8 Å². The van der Waals surface area contributed by atoms with E-state index in [9.17, 15) is 4.79 Å². The lowest BCUT2D eigenvalue weighted by atomic mass is 10.1. The Morgan fingerprint density at radius 3 is 2.52 bits per heavy atom. The summed E-state index contributed by atoms with van der Waals surface area (Å²) < 4.78 is 1.76. The summed E-state index contributed by atoms with van der Waals surface area (Å²) in [4.78, 5) is 16.8. The second kappa shape index (κ2) is 5.22. The summed E-state index contributed by atoms with van der Waals surface area (Å²) in [5.74, 6) is -0.210. The number of nitrogens with zero attached hydrogens (tertiary/aromatic N) is 2. The van der Waals surface area contributed by atoms with Crippen LogP contribution >= 0.6 is 11.6 Å². The summed E-state index contributed by atoms with van der Waals surface area (Å²) in [6, 6.07) is 12.9. The molecule has 3 aromatic rings. The Hall–Kier alpha value is -2.33. The predicted molar refractivity (Wildman–Crippen MR) is 84.4 cm³/mol. The molecule has 2 aromatic heterocycles. The van der Waals surface area contributed by atoms with Crippen LogP contribution in [0.25, 0.3) is 10.9 Å². The maximum absolute atomic E-state index is 12.6. The molecular formula is C16H14ClN3O. The van der Waals surface area contributed by atoms with Crippen molar-refractivity contribution in [3.8, 4) is 0 Å². The van der Waals surface area contributed by atoms with Crippen LogP contribution in [0.5, 0.6) is 0 Å². The molecule has 1 amide bonds. The molecule has 0 saturated carbocycles. The smallest absolute Gasteiger partial charge is 0.267 e. The van der Waals surface area contributed by atoms with Crippen LogP contribution in [0.4, 0.5) is 0 Å². The van der Waals surface area contributed by atoms with Crippen molar-refractivity contribution in [2.75, 3.05) is 5.43 Å². The van der Waals surface area contributed by atoms with E-state index in [1.54, 1.807) is 10.7 Å². The highest BCUT2D eigenvalue weighted by atomic mass is 35.5. The molecule has 1 N–H and O–H groups in total. The number of carbonyl (C=O) groups excluding carboxylic acids is 1. The van der Waals surface area contributed by atoms with E-state index in [1.165, 1.54) is 0 Å². The molecule has 0 bridgehead atoms. The normalized spacial score (nSPS) is 10.8. The lowest BCUT2D eigenvalue weighted by Gasteiger charge is -2.12. The van der Waals surface area contributed by atoms with Gasteiger partial charge in [-0.05, 0) is 38.1 Å². The minimum atomic E-state index is -0.210. The summed E-state index contributed by atoms with van der Waals surface area (Å²) in [5, 5.41) is 1.08. The highest BCUT2D eigenvalue weighted by Crippen LogP contribution is 2.21. The first-order chi connectivity index (χ1) is 10.1. The lowest BCUT2D eigenvalue weighted by molar-refractivity contribution is 0.101. The number of halogens is 1. The quantitative estimate of drug-likeness (QED) is 0.734. The number of hydrogen-bond donors (Lipinski definition) is 1. The van der Waals surface area contributed by atoms with Crippen LogP contribution < -0.4 is 5.43 Å². The number of amides is 1. The number of fused-ring (bicyclic) bond motifs is 1. The van der Waals surface area contributed by atoms with E-state index in [1.807, 2.05) is 50.2 Å². The maximum atomic E-state index is 12.6. The number of rotatable bonds is 2. The highest BCUT2D eigenvalue weighted by molar-refractivity contribution is 6.30. The standard InChI is InChI=1S/C16H14ClN3O/c1-10-7-8-11(2)20(10)19-16(21)13-9-15(17)18-14-6-4-3-5-12(13)14/h3-9H,1-2H3,(H,19,21). The molecule has 0 unspecified atom stereocenters. The van der Waals surface area contributed by atoms with Crippen molar-refractivity contribution in [1.29, 1.82) is 0 Å². The van der Waals surface area contributed by atoms with Gasteiger partial charge < -0.3 is 0 Å². The number of para-hydroxylation sites is 1. The number of carbonyl (C=O) groups is 1. The Morgan fingerprint density at radius 1 is 1.14 bits per heavy atom. The van der Waals surface area contributed by atoms with Crippen LogP contribution in [0.2, 0.25) is 5.15 Å². The molecule has 0 atom stereocenters. The molecule has 0 radical (unpaired) electrons. The molecule has 21 heavy (non-hydrogen) atoms. The van der Waals surface area contributed by atoms with Gasteiger partial charge in [0.25, 0.3) is 5.91 Å². The van der Waals surface area contributed by atoms with Crippen molar-refractivity contribution in [2.45, 2.75) is 13.8 Å². The molecule has 0 spiro atoms. The minimum Gasteiger partial charge on any atom is -0.267 e. The molecule has 3 rings (SSSR count). The van der Waals surface area contributed by atoms with E-state index >= 15 is 0 Å². The monoisotopic (exact) mass is 299 g/mol. The van der Waals surface area contributed by atoms with Crippen molar-refractivity contribution in [3.63, 3.8) is 0 Å². The predicted octanol–water partition coefficient (Wildman–Crippen LogP) is 3.69. The molecule has 1 aromatic carbocycles.